The minimum absolute atomic E-state index is 0.0368. The second kappa shape index (κ2) is 23.5. The summed E-state index contributed by atoms with van der Waals surface area (Å²) in [7, 11) is 2.03. The van der Waals surface area contributed by atoms with Crippen LogP contribution in [0.4, 0.5) is 18.0 Å². The lowest BCUT2D eigenvalue weighted by Crippen LogP contribution is -2.53. The van der Waals surface area contributed by atoms with Gasteiger partial charge in [-0.3, -0.25) is 19.2 Å². The van der Waals surface area contributed by atoms with E-state index >= 15 is 0 Å². The average Bonchev–Trinajstić information content (AvgIpc) is 3.24. The van der Waals surface area contributed by atoms with Gasteiger partial charge in [-0.05, 0) is 69.3 Å². The predicted octanol–water partition coefficient (Wildman–Crippen LogP) is 5.26. The summed E-state index contributed by atoms with van der Waals surface area (Å²) < 4.78 is 37.2. The second-order valence-electron chi connectivity index (χ2n) is 16.6. The summed E-state index contributed by atoms with van der Waals surface area (Å²) in [5.74, 6) is -3.68. The van der Waals surface area contributed by atoms with Gasteiger partial charge in [-0.2, -0.15) is 13.2 Å². The molecular formula is C46H59F3N6O8. The molecule has 17 heteroatoms. The van der Waals surface area contributed by atoms with Crippen molar-refractivity contribution in [2.45, 2.75) is 95.6 Å². The molecule has 3 aromatic carbocycles. The number of halogens is 3. The van der Waals surface area contributed by atoms with Crippen LogP contribution in [0.25, 0.3) is 0 Å². The Balaban J connectivity index is 0.00000115. The number of alkyl halides is 3. The Bertz CT molecular complexity index is 1950. The number of hydrogen-bond donors (Lipinski definition) is 4. The highest BCUT2D eigenvalue weighted by atomic mass is 19.4. The van der Waals surface area contributed by atoms with Crippen molar-refractivity contribution in [1.82, 2.24) is 30.7 Å². The van der Waals surface area contributed by atoms with E-state index in [4.69, 9.17) is 14.6 Å². The number of piperazine rings is 1. The van der Waals surface area contributed by atoms with Crippen molar-refractivity contribution in [3.63, 3.8) is 0 Å². The maximum absolute atomic E-state index is 13.7. The highest BCUT2D eigenvalue weighted by Crippen LogP contribution is 2.26. The van der Waals surface area contributed by atoms with Gasteiger partial charge in [0.05, 0.1) is 0 Å². The first-order chi connectivity index (χ1) is 29.8. The lowest BCUT2D eigenvalue weighted by molar-refractivity contribution is -0.192. The Morgan fingerprint density at radius 3 is 1.86 bits per heavy atom. The Hall–Kier alpha value is -5.97. The largest absolute Gasteiger partial charge is 0.490 e. The molecule has 14 nitrogen and oxygen atoms in total. The van der Waals surface area contributed by atoms with Crippen LogP contribution in [0.15, 0.2) is 84.9 Å². The number of hydrogen-bond acceptors (Lipinski definition) is 8. The molecule has 0 spiro atoms. The van der Waals surface area contributed by atoms with E-state index in [0.29, 0.717) is 58.4 Å². The number of carboxylic acids is 1. The van der Waals surface area contributed by atoms with E-state index in [1.54, 1.807) is 25.7 Å². The van der Waals surface area contributed by atoms with Gasteiger partial charge in [-0.15, -0.1) is 0 Å². The van der Waals surface area contributed by atoms with Crippen molar-refractivity contribution in [1.29, 1.82) is 0 Å². The van der Waals surface area contributed by atoms with E-state index in [9.17, 15) is 37.1 Å². The van der Waals surface area contributed by atoms with Crippen molar-refractivity contribution in [2.24, 2.45) is 0 Å². The molecule has 3 aromatic rings. The number of alkyl carbamates (subject to hydrolysis) is 1. The normalized spacial score (nSPS) is 15.8. The SMILES string of the molecule is CN1CCN(C(=O)CCC(=O)N2Cc3ccccc3C[C@H]2C(=O)NCCCC[C@H](NC(=O)OC(C)(C)C)C(=O)NCC(c2ccccc2)c2ccccc2)CC1.O=C(O)C(F)(F)F. The van der Waals surface area contributed by atoms with Gasteiger partial charge in [0.2, 0.25) is 23.6 Å². The predicted molar refractivity (Wildman–Crippen MR) is 229 cm³/mol. The number of aliphatic carboxylic acids is 1. The number of fused-ring (bicyclic) bond motifs is 1. The van der Waals surface area contributed by atoms with Gasteiger partial charge in [0.25, 0.3) is 0 Å². The molecule has 342 valence electrons. The fourth-order valence-electron chi connectivity index (χ4n) is 7.24. The van der Waals surface area contributed by atoms with Crippen LogP contribution in [0.3, 0.4) is 0 Å². The zero-order valence-electron chi connectivity index (χ0n) is 36.3. The highest BCUT2D eigenvalue weighted by Gasteiger charge is 2.38. The zero-order chi connectivity index (χ0) is 46.2. The number of carbonyl (C=O) groups is 6. The summed E-state index contributed by atoms with van der Waals surface area (Å²) in [6.45, 7) is 9.18. The smallest absolute Gasteiger partial charge is 0.475 e. The van der Waals surface area contributed by atoms with Gasteiger partial charge < -0.3 is 40.5 Å². The summed E-state index contributed by atoms with van der Waals surface area (Å²) in [5, 5.41) is 16.0. The number of benzene rings is 3. The lowest BCUT2D eigenvalue weighted by atomic mass is 9.91. The minimum Gasteiger partial charge on any atom is -0.475 e. The van der Waals surface area contributed by atoms with Crippen molar-refractivity contribution >= 4 is 35.7 Å². The first-order valence-electron chi connectivity index (χ1n) is 21.1. The molecule has 2 heterocycles. The molecule has 2 aliphatic rings. The molecule has 0 unspecified atom stereocenters. The maximum Gasteiger partial charge on any atom is 0.490 e. The van der Waals surface area contributed by atoms with Crippen LogP contribution in [-0.2, 0) is 41.7 Å². The number of ether oxygens (including phenoxy) is 1. The van der Waals surface area contributed by atoms with Crippen LogP contribution in [0.2, 0.25) is 0 Å². The molecule has 1 saturated heterocycles. The monoisotopic (exact) mass is 880 g/mol. The van der Waals surface area contributed by atoms with Crippen LogP contribution in [0.1, 0.15) is 81.0 Å². The molecule has 0 radical (unpaired) electrons. The summed E-state index contributed by atoms with van der Waals surface area (Å²) >= 11 is 0. The topological polar surface area (TPSA) is 178 Å². The third-order valence-corrected chi connectivity index (χ3v) is 10.6. The molecule has 5 rings (SSSR count). The van der Waals surface area contributed by atoms with Gasteiger partial charge in [-0.1, -0.05) is 84.9 Å². The van der Waals surface area contributed by atoms with Crippen molar-refractivity contribution in [3.05, 3.63) is 107 Å². The van der Waals surface area contributed by atoms with Crippen molar-refractivity contribution < 1.29 is 51.8 Å². The van der Waals surface area contributed by atoms with Crippen molar-refractivity contribution in [2.75, 3.05) is 46.3 Å². The Kier molecular flexibility index (Phi) is 18.5. The number of carbonyl (C=O) groups excluding carboxylic acids is 5. The van der Waals surface area contributed by atoms with E-state index in [-0.39, 0.29) is 42.4 Å². The van der Waals surface area contributed by atoms with E-state index in [1.165, 1.54) is 0 Å². The van der Waals surface area contributed by atoms with Crippen LogP contribution in [-0.4, -0.2) is 126 Å². The Labute approximate surface area is 366 Å². The number of likely N-dealkylation sites (N-methyl/N-ethyl adjacent to an activating group) is 1. The molecule has 0 saturated carbocycles. The third-order valence-electron chi connectivity index (χ3n) is 10.6. The molecule has 0 bridgehead atoms. The minimum atomic E-state index is -5.08. The average molecular weight is 881 g/mol. The van der Waals surface area contributed by atoms with Crippen molar-refractivity contribution in [3.8, 4) is 0 Å². The second-order valence-corrected chi connectivity index (χ2v) is 16.6. The van der Waals surface area contributed by atoms with Gasteiger partial charge in [0.1, 0.15) is 17.7 Å². The number of unbranched alkanes of at least 4 members (excludes halogenated alkanes) is 1. The van der Waals surface area contributed by atoms with Crippen LogP contribution >= 0.6 is 0 Å². The highest BCUT2D eigenvalue weighted by molar-refractivity contribution is 5.90. The van der Waals surface area contributed by atoms with E-state index in [2.05, 4.69) is 20.9 Å². The summed E-state index contributed by atoms with van der Waals surface area (Å²) in [6.07, 6.45) is -3.83. The number of nitrogens with zero attached hydrogens (tertiary/aromatic N) is 3. The number of carboxylic acid groups (broad SMARTS) is 1. The van der Waals surface area contributed by atoms with Crippen LogP contribution < -0.4 is 16.0 Å². The molecular weight excluding hydrogens is 822 g/mol. The van der Waals surface area contributed by atoms with Gasteiger partial charge >= 0.3 is 18.2 Å². The Morgan fingerprint density at radius 1 is 0.762 bits per heavy atom. The molecule has 2 atom stereocenters. The number of nitrogens with one attached hydrogen (secondary N) is 3. The first kappa shape index (κ1) is 49.7. The standard InChI is InChI=1S/C44H58N6O6.C2HF3O2/c1-44(2,3)56-43(55)47-37(41(53)46-30-36(32-15-7-5-8-16-32)33-17-9-6-10-18-33)21-13-14-24-45-42(54)38-29-34-19-11-12-20-35(34)31-50(38)40(52)23-22-39(51)49-27-25-48(4)26-28-49;3-2(4,5)1(6)7/h5-12,15-20,36-38H,13-14,21-31H2,1-4H3,(H,45,54)(H,46,53)(H,47,55);(H,6,7)/t37-,38-;/m0./s1. The number of rotatable bonds is 15. The Morgan fingerprint density at radius 2 is 1.30 bits per heavy atom. The van der Waals surface area contributed by atoms with E-state index < -0.39 is 35.9 Å². The number of amides is 5. The van der Waals surface area contributed by atoms with Crippen LogP contribution in [0, 0.1) is 0 Å². The van der Waals surface area contributed by atoms with Crippen LogP contribution in [0.5, 0.6) is 0 Å². The van der Waals surface area contributed by atoms with Gasteiger partial charge in [0, 0.05) is 71.0 Å². The molecule has 1 fully saturated rings. The molecule has 63 heavy (non-hydrogen) atoms. The molecule has 0 aliphatic carbocycles. The zero-order valence-corrected chi connectivity index (χ0v) is 36.3. The summed E-state index contributed by atoms with van der Waals surface area (Å²) in [5.41, 5.74) is 3.40. The molecule has 5 amide bonds. The van der Waals surface area contributed by atoms with E-state index in [0.717, 1.165) is 35.3 Å². The van der Waals surface area contributed by atoms with E-state index in [1.807, 2.05) is 96.9 Å². The molecule has 4 N–H and O–H groups in total. The quantitative estimate of drug-likeness (QED) is 0.149. The molecule has 0 aromatic heterocycles. The first-order valence-corrected chi connectivity index (χ1v) is 21.1. The lowest BCUT2D eigenvalue weighted by Gasteiger charge is -2.36. The van der Waals surface area contributed by atoms with Gasteiger partial charge in [-0.25, -0.2) is 9.59 Å². The maximum atomic E-state index is 13.7. The molecule has 2 aliphatic heterocycles. The summed E-state index contributed by atoms with van der Waals surface area (Å²) in [6, 6.07) is 26.2. The summed E-state index contributed by atoms with van der Waals surface area (Å²) in [4.78, 5) is 81.2. The third kappa shape index (κ3) is 16.3. The fourth-order valence-corrected chi connectivity index (χ4v) is 7.24. The van der Waals surface area contributed by atoms with Gasteiger partial charge in [0.15, 0.2) is 0 Å². The fraction of sp³-hybridized carbons (Fsp3) is 0.478.